The number of carbonyl (C=O) groups excluding carboxylic acids is 3. The van der Waals surface area contributed by atoms with Crippen LogP contribution in [0.1, 0.15) is 96.3 Å². The van der Waals surface area contributed by atoms with Crippen LogP contribution in [0.3, 0.4) is 0 Å². The van der Waals surface area contributed by atoms with E-state index in [1.165, 1.54) is 37.8 Å². The number of halogens is 1. The summed E-state index contributed by atoms with van der Waals surface area (Å²) in [5.41, 5.74) is -0.197. The maximum absolute atomic E-state index is 13.7. The molecule has 1 heterocycles. The standard InChI is InChI=1S/C18H24FNO2.C10H19NO/c1-12(2)17(21)16(13-8-4-3-5-9-13)20-18(22)14-10-6-7-11-15(14)19;1-10(2,3)9(12)11-7-5-4-6-8-11/h6-7,10-13,16H,3-5,8-9H2,1-2H3,(H,20,22);4-8H2,1-3H3. The molecular weight excluding hydrogens is 431 g/mol. The highest BCUT2D eigenvalue weighted by Gasteiger charge is 2.32. The van der Waals surface area contributed by atoms with Crippen molar-refractivity contribution in [3.8, 4) is 0 Å². The lowest BCUT2D eigenvalue weighted by Crippen LogP contribution is -2.48. The van der Waals surface area contributed by atoms with Crippen LogP contribution in [0.25, 0.3) is 0 Å². The first-order valence-corrected chi connectivity index (χ1v) is 12.9. The van der Waals surface area contributed by atoms with Gasteiger partial charge in [0.25, 0.3) is 5.91 Å². The van der Waals surface area contributed by atoms with Crippen LogP contribution in [0, 0.1) is 23.1 Å². The summed E-state index contributed by atoms with van der Waals surface area (Å²) in [4.78, 5) is 38.6. The first-order chi connectivity index (χ1) is 16.0. The Hall–Kier alpha value is -2.24. The molecule has 1 aliphatic carbocycles. The Labute approximate surface area is 204 Å². The van der Waals surface area contributed by atoms with Crippen molar-refractivity contribution in [2.45, 2.75) is 92.0 Å². The fourth-order valence-corrected chi connectivity index (χ4v) is 4.68. The van der Waals surface area contributed by atoms with Gasteiger partial charge in [-0.2, -0.15) is 0 Å². The maximum atomic E-state index is 13.7. The van der Waals surface area contributed by atoms with Crippen LogP contribution < -0.4 is 5.32 Å². The van der Waals surface area contributed by atoms with Crippen molar-refractivity contribution in [3.63, 3.8) is 0 Å². The summed E-state index contributed by atoms with van der Waals surface area (Å²) < 4.78 is 13.7. The Morgan fingerprint density at radius 3 is 2.03 bits per heavy atom. The molecule has 1 saturated heterocycles. The van der Waals surface area contributed by atoms with Gasteiger partial charge in [-0.25, -0.2) is 4.39 Å². The number of amides is 2. The molecule has 3 rings (SSSR count). The molecule has 190 valence electrons. The molecule has 2 amide bonds. The number of hydrogen-bond donors (Lipinski definition) is 1. The van der Waals surface area contributed by atoms with Gasteiger partial charge in [0.15, 0.2) is 5.78 Å². The molecule has 2 aliphatic rings. The van der Waals surface area contributed by atoms with Crippen molar-refractivity contribution in [3.05, 3.63) is 35.6 Å². The smallest absolute Gasteiger partial charge is 0.254 e. The number of hydrogen-bond acceptors (Lipinski definition) is 3. The van der Waals surface area contributed by atoms with Crippen LogP contribution in [-0.4, -0.2) is 41.6 Å². The lowest BCUT2D eigenvalue weighted by Gasteiger charge is -2.32. The third-order valence-electron chi connectivity index (χ3n) is 6.69. The normalized spacial score (nSPS) is 18.0. The number of nitrogens with zero attached hydrogens (tertiary/aromatic N) is 1. The second kappa shape index (κ2) is 13.0. The van der Waals surface area contributed by atoms with E-state index in [4.69, 9.17) is 0 Å². The van der Waals surface area contributed by atoms with Crippen molar-refractivity contribution in [1.82, 2.24) is 10.2 Å². The molecule has 1 unspecified atom stereocenters. The summed E-state index contributed by atoms with van der Waals surface area (Å²) in [5.74, 6) is -0.687. The second-order valence-corrected chi connectivity index (χ2v) is 11.0. The molecule has 34 heavy (non-hydrogen) atoms. The first kappa shape index (κ1) is 28.0. The molecule has 0 aromatic heterocycles. The molecular formula is C28H43FN2O3. The van der Waals surface area contributed by atoms with Gasteiger partial charge in [0.05, 0.1) is 11.6 Å². The number of carbonyl (C=O) groups is 3. The van der Waals surface area contributed by atoms with Gasteiger partial charge in [0.1, 0.15) is 5.82 Å². The molecule has 1 aliphatic heterocycles. The Morgan fingerprint density at radius 2 is 1.50 bits per heavy atom. The number of likely N-dealkylation sites (tertiary alicyclic amines) is 1. The molecule has 0 bridgehead atoms. The van der Waals surface area contributed by atoms with Crippen molar-refractivity contribution >= 4 is 17.6 Å². The topological polar surface area (TPSA) is 66.5 Å². The van der Waals surface area contributed by atoms with Gasteiger partial charge in [-0.3, -0.25) is 14.4 Å². The van der Waals surface area contributed by atoms with E-state index < -0.39 is 17.8 Å². The molecule has 5 nitrogen and oxygen atoms in total. The lowest BCUT2D eigenvalue weighted by atomic mass is 9.80. The van der Waals surface area contributed by atoms with Gasteiger partial charge >= 0.3 is 0 Å². The molecule has 1 aromatic rings. The minimum Gasteiger partial charge on any atom is -0.342 e. The van der Waals surface area contributed by atoms with E-state index in [1.54, 1.807) is 12.1 Å². The number of rotatable bonds is 5. The predicted molar refractivity (Wildman–Crippen MR) is 134 cm³/mol. The zero-order chi connectivity index (χ0) is 25.3. The van der Waals surface area contributed by atoms with E-state index in [-0.39, 0.29) is 28.6 Å². The average molecular weight is 475 g/mol. The molecule has 1 saturated carbocycles. The Balaban J connectivity index is 0.000000287. The molecule has 0 radical (unpaired) electrons. The van der Waals surface area contributed by atoms with Crippen LogP contribution in [0.15, 0.2) is 24.3 Å². The zero-order valence-corrected chi connectivity index (χ0v) is 21.7. The zero-order valence-electron chi connectivity index (χ0n) is 21.7. The quantitative estimate of drug-likeness (QED) is 0.589. The van der Waals surface area contributed by atoms with Gasteiger partial charge in [-0.15, -0.1) is 0 Å². The summed E-state index contributed by atoms with van der Waals surface area (Å²) >= 11 is 0. The van der Waals surface area contributed by atoms with Gasteiger partial charge in [0.2, 0.25) is 5.91 Å². The number of nitrogens with one attached hydrogen (secondary N) is 1. The molecule has 6 heteroatoms. The fraction of sp³-hybridized carbons (Fsp3) is 0.679. The minimum atomic E-state index is -0.556. The largest absolute Gasteiger partial charge is 0.342 e. The summed E-state index contributed by atoms with van der Waals surface area (Å²) in [6, 6.07) is 5.37. The molecule has 1 atom stereocenters. The number of piperidine rings is 1. The predicted octanol–water partition coefficient (Wildman–Crippen LogP) is 5.77. The van der Waals surface area contributed by atoms with Crippen LogP contribution in [0.5, 0.6) is 0 Å². The fourth-order valence-electron chi connectivity index (χ4n) is 4.68. The van der Waals surface area contributed by atoms with Crippen LogP contribution in [-0.2, 0) is 9.59 Å². The van der Waals surface area contributed by atoms with Crippen LogP contribution in [0.4, 0.5) is 4.39 Å². The Kier molecular flexibility index (Phi) is 10.7. The van der Waals surface area contributed by atoms with Crippen LogP contribution in [0.2, 0.25) is 0 Å². The second-order valence-electron chi connectivity index (χ2n) is 11.0. The molecule has 2 fully saturated rings. The van der Waals surface area contributed by atoms with E-state index in [2.05, 4.69) is 5.32 Å². The van der Waals surface area contributed by atoms with E-state index in [9.17, 15) is 18.8 Å². The Morgan fingerprint density at radius 1 is 0.941 bits per heavy atom. The summed E-state index contributed by atoms with van der Waals surface area (Å²) in [6.07, 6.45) is 8.89. The molecule has 1 aromatic carbocycles. The highest BCUT2D eigenvalue weighted by Crippen LogP contribution is 2.28. The van der Waals surface area contributed by atoms with Crippen molar-refractivity contribution in [1.29, 1.82) is 0 Å². The van der Waals surface area contributed by atoms with E-state index >= 15 is 0 Å². The highest BCUT2D eigenvalue weighted by atomic mass is 19.1. The maximum Gasteiger partial charge on any atom is 0.254 e. The third kappa shape index (κ3) is 8.21. The number of ketones is 1. The minimum absolute atomic E-state index is 0.000124. The van der Waals surface area contributed by atoms with Crippen molar-refractivity contribution in [2.75, 3.05) is 13.1 Å². The number of benzene rings is 1. The first-order valence-electron chi connectivity index (χ1n) is 12.9. The summed E-state index contributed by atoms with van der Waals surface area (Å²) in [6.45, 7) is 11.6. The summed E-state index contributed by atoms with van der Waals surface area (Å²) in [7, 11) is 0. The van der Waals surface area contributed by atoms with Crippen LogP contribution >= 0.6 is 0 Å². The highest BCUT2D eigenvalue weighted by molar-refractivity contribution is 5.98. The van der Waals surface area contributed by atoms with E-state index in [0.717, 1.165) is 38.8 Å². The van der Waals surface area contributed by atoms with Crippen molar-refractivity contribution < 1.29 is 18.8 Å². The summed E-state index contributed by atoms with van der Waals surface area (Å²) in [5, 5.41) is 2.80. The van der Waals surface area contributed by atoms with Gasteiger partial charge in [0, 0.05) is 24.4 Å². The number of Topliss-reactive ketones (excluding diaryl/α,β-unsaturated/α-hetero) is 1. The van der Waals surface area contributed by atoms with E-state index in [0.29, 0.717) is 5.91 Å². The molecule has 0 spiro atoms. The molecule has 1 N–H and O–H groups in total. The van der Waals surface area contributed by atoms with Gasteiger partial charge in [-0.05, 0) is 50.2 Å². The monoisotopic (exact) mass is 474 g/mol. The lowest BCUT2D eigenvalue weighted by molar-refractivity contribution is -0.140. The third-order valence-corrected chi connectivity index (χ3v) is 6.69. The average Bonchev–Trinajstić information content (AvgIpc) is 2.82. The van der Waals surface area contributed by atoms with E-state index in [1.807, 2.05) is 39.5 Å². The SMILES string of the molecule is CC(C)(C)C(=O)N1CCCCC1.CC(C)C(=O)C(NC(=O)c1ccccc1F)C1CCCCC1. The Bertz CT molecular complexity index is 819. The van der Waals surface area contributed by atoms with Gasteiger partial charge < -0.3 is 10.2 Å². The van der Waals surface area contributed by atoms with Gasteiger partial charge in [-0.1, -0.05) is 66.0 Å². The van der Waals surface area contributed by atoms with Crippen molar-refractivity contribution in [2.24, 2.45) is 17.3 Å².